The summed E-state index contributed by atoms with van der Waals surface area (Å²) in [6, 6.07) is 2.97. The second-order valence-corrected chi connectivity index (χ2v) is 6.36. The molecule has 0 spiro atoms. The van der Waals surface area contributed by atoms with Gasteiger partial charge in [-0.25, -0.2) is 13.1 Å². The number of furan rings is 1. The third-order valence-electron chi connectivity index (χ3n) is 3.27. The molecule has 0 amide bonds. The van der Waals surface area contributed by atoms with Crippen LogP contribution >= 0.6 is 0 Å². The highest BCUT2D eigenvalue weighted by Crippen LogP contribution is 2.13. The van der Waals surface area contributed by atoms with Crippen LogP contribution in [0.3, 0.4) is 0 Å². The molecule has 1 aromatic rings. The van der Waals surface area contributed by atoms with Crippen molar-refractivity contribution in [3.8, 4) is 0 Å². The van der Waals surface area contributed by atoms with Crippen LogP contribution in [0.5, 0.6) is 0 Å². The summed E-state index contributed by atoms with van der Waals surface area (Å²) in [5.41, 5.74) is 5.39. The van der Waals surface area contributed by atoms with Gasteiger partial charge in [0.25, 0.3) is 10.0 Å². The SMILES string of the molecule is CCN1CCOC(CNS(=O)(=O)c2ccc(CN)o2)C1. The Kier molecular flexibility index (Phi) is 5.17. The maximum Gasteiger partial charge on any atom is 0.274 e. The van der Waals surface area contributed by atoms with Crippen molar-refractivity contribution >= 4 is 10.0 Å². The van der Waals surface area contributed by atoms with Crippen LogP contribution in [0, 0.1) is 0 Å². The molecule has 0 aliphatic carbocycles. The van der Waals surface area contributed by atoms with Crippen LogP contribution in [-0.2, 0) is 21.3 Å². The zero-order valence-electron chi connectivity index (χ0n) is 11.5. The van der Waals surface area contributed by atoms with Crippen LogP contribution in [0.4, 0.5) is 0 Å². The van der Waals surface area contributed by atoms with Gasteiger partial charge in [-0.15, -0.1) is 0 Å². The molecule has 0 saturated carbocycles. The van der Waals surface area contributed by atoms with E-state index in [-0.39, 0.29) is 24.3 Å². The number of morpholine rings is 1. The second kappa shape index (κ2) is 6.68. The highest BCUT2D eigenvalue weighted by Gasteiger charge is 2.24. The number of likely N-dealkylation sites (N-methyl/N-ethyl adjacent to an activating group) is 1. The van der Waals surface area contributed by atoms with Crippen molar-refractivity contribution in [2.45, 2.75) is 24.7 Å². The molecule has 1 aliphatic rings. The van der Waals surface area contributed by atoms with Crippen LogP contribution in [0.25, 0.3) is 0 Å². The summed E-state index contributed by atoms with van der Waals surface area (Å²) in [7, 11) is -3.64. The van der Waals surface area contributed by atoms with Crippen molar-refractivity contribution in [3.05, 3.63) is 17.9 Å². The van der Waals surface area contributed by atoms with Gasteiger partial charge in [0.1, 0.15) is 5.76 Å². The lowest BCUT2D eigenvalue weighted by molar-refractivity contribution is -0.0229. The molecule has 1 unspecified atom stereocenters. The standard InChI is InChI=1S/C12H21N3O4S/c1-2-15-5-6-18-11(9-15)8-14-20(16,17)12-4-3-10(7-13)19-12/h3-4,11,14H,2,5-9,13H2,1H3. The molecule has 2 heterocycles. The number of nitrogens with zero attached hydrogens (tertiary/aromatic N) is 1. The molecule has 7 nitrogen and oxygen atoms in total. The number of hydrogen-bond acceptors (Lipinski definition) is 6. The number of nitrogens with one attached hydrogen (secondary N) is 1. The maximum atomic E-state index is 12.0. The van der Waals surface area contributed by atoms with Crippen molar-refractivity contribution in [2.24, 2.45) is 5.73 Å². The zero-order valence-corrected chi connectivity index (χ0v) is 12.4. The lowest BCUT2D eigenvalue weighted by Crippen LogP contribution is -2.47. The summed E-state index contributed by atoms with van der Waals surface area (Å²) < 4.78 is 37.3. The monoisotopic (exact) mass is 303 g/mol. The minimum absolute atomic E-state index is 0.110. The molecule has 3 N–H and O–H groups in total. The van der Waals surface area contributed by atoms with Gasteiger partial charge in [-0.1, -0.05) is 6.92 Å². The Bertz CT molecular complexity index is 529. The fraction of sp³-hybridized carbons (Fsp3) is 0.667. The molecular formula is C12H21N3O4S. The normalized spacial score (nSPS) is 21.2. The Morgan fingerprint density at radius 3 is 2.95 bits per heavy atom. The molecule has 0 bridgehead atoms. The lowest BCUT2D eigenvalue weighted by Gasteiger charge is -2.31. The number of ether oxygens (including phenoxy) is 1. The van der Waals surface area contributed by atoms with Crippen molar-refractivity contribution in [3.63, 3.8) is 0 Å². The molecule has 114 valence electrons. The van der Waals surface area contributed by atoms with E-state index < -0.39 is 10.0 Å². The number of rotatable bonds is 6. The minimum Gasteiger partial charge on any atom is -0.447 e. The Balaban J connectivity index is 1.92. The van der Waals surface area contributed by atoms with Gasteiger partial charge in [-0.05, 0) is 18.7 Å². The van der Waals surface area contributed by atoms with Crippen LogP contribution in [0.1, 0.15) is 12.7 Å². The third kappa shape index (κ3) is 3.80. The minimum atomic E-state index is -3.64. The van der Waals surface area contributed by atoms with E-state index in [1.807, 2.05) is 0 Å². The van der Waals surface area contributed by atoms with Crippen LogP contribution in [0.2, 0.25) is 0 Å². The summed E-state index contributed by atoms with van der Waals surface area (Å²) >= 11 is 0. The van der Waals surface area contributed by atoms with Gasteiger partial charge in [0.15, 0.2) is 0 Å². The predicted molar refractivity (Wildman–Crippen MR) is 73.6 cm³/mol. The highest BCUT2D eigenvalue weighted by molar-refractivity contribution is 7.89. The Morgan fingerprint density at radius 2 is 2.30 bits per heavy atom. The Morgan fingerprint density at radius 1 is 1.50 bits per heavy atom. The van der Waals surface area contributed by atoms with E-state index in [0.29, 0.717) is 12.4 Å². The fourth-order valence-corrected chi connectivity index (χ4v) is 3.09. The average molecular weight is 303 g/mol. The van der Waals surface area contributed by atoms with Gasteiger partial charge < -0.3 is 14.9 Å². The summed E-state index contributed by atoms with van der Waals surface area (Å²) in [6.07, 6.45) is -0.137. The van der Waals surface area contributed by atoms with E-state index in [1.54, 1.807) is 6.07 Å². The summed E-state index contributed by atoms with van der Waals surface area (Å²) in [5.74, 6) is 0.441. The van der Waals surface area contributed by atoms with E-state index in [9.17, 15) is 8.42 Å². The maximum absolute atomic E-state index is 12.0. The molecule has 1 saturated heterocycles. The first kappa shape index (κ1) is 15.5. The number of nitrogens with two attached hydrogens (primary N) is 1. The lowest BCUT2D eigenvalue weighted by atomic mass is 10.3. The first-order valence-corrected chi connectivity index (χ1v) is 8.16. The molecule has 2 rings (SSSR count). The Labute approximate surface area is 119 Å². The first-order valence-electron chi connectivity index (χ1n) is 6.67. The van der Waals surface area contributed by atoms with E-state index in [2.05, 4.69) is 16.5 Å². The van der Waals surface area contributed by atoms with Crippen molar-refractivity contribution in [2.75, 3.05) is 32.8 Å². The largest absolute Gasteiger partial charge is 0.447 e. The quantitative estimate of drug-likeness (QED) is 0.751. The second-order valence-electron chi connectivity index (χ2n) is 4.66. The molecule has 1 aliphatic heterocycles. The summed E-state index contributed by atoms with van der Waals surface area (Å²) in [5, 5.41) is -0.110. The summed E-state index contributed by atoms with van der Waals surface area (Å²) in [4.78, 5) is 2.22. The molecule has 8 heteroatoms. The molecule has 1 fully saturated rings. The van der Waals surface area contributed by atoms with Crippen LogP contribution in [0.15, 0.2) is 21.6 Å². The van der Waals surface area contributed by atoms with Gasteiger partial charge in [-0.2, -0.15) is 0 Å². The molecule has 1 aromatic heterocycles. The molecule has 1 atom stereocenters. The average Bonchev–Trinajstić information content (AvgIpc) is 2.95. The highest BCUT2D eigenvalue weighted by atomic mass is 32.2. The molecule has 20 heavy (non-hydrogen) atoms. The first-order chi connectivity index (χ1) is 9.55. The van der Waals surface area contributed by atoms with E-state index in [1.165, 1.54) is 6.07 Å². The van der Waals surface area contributed by atoms with Crippen LogP contribution < -0.4 is 10.5 Å². The van der Waals surface area contributed by atoms with Crippen molar-refractivity contribution < 1.29 is 17.6 Å². The molecular weight excluding hydrogens is 282 g/mol. The van der Waals surface area contributed by atoms with Gasteiger partial charge in [0, 0.05) is 19.6 Å². The topological polar surface area (TPSA) is 97.8 Å². The predicted octanol–water partition coefficient (Wildman–Crippen LogP) is -0.263. The van der Waals surface area contributed by atoms with E-state index in [4.69, 9.17) is 14.9 Å². The molecule has 0 aromatic carbocycles. The van der Waals surface area contributed by atoms with Crippen LogP contribution in [-0.4, -0.2) is 52.2 Å². The van der Waals surface area contributed by atoms with Crippen molar-refractivity contribution in [1.29, 1.82) is 0 Å². The third-order valence-corrected chi connectivity index (χ3v) is 4.57. The zero-order chi connectivity index (χ0) is 14.6. The van der Waals surface area contributed by atoms with E-state index >= 15 is 0 Å². The Hall–Kier alpha value is -0.930. The molecule has 0 radical (unpaired) electrons. The fourth-order valence-electron chi connectivity index (χ4n) is 2.08. The van der Waals surface area contributed by atoms with E-state index in [0.717, 1.165) is 19.6 Å². The number of sulfonamides is 1. The van der Waals surface area contributed by atoms with Gasteiger partial charge in [0.2, 0.25) is 5.09 Å². The van der Waals surface area contributed by atoms with Gasteiger partial charge >= 0.3 is 0 Å². The van der Waals surface area contributed by atoms with Gasteiger partial charge in [0.05, 0.1) is 19.3 Å². The van der Waals surface area contributed by atoms with Crippen molar-refractivity contribution in [1.82, 2.24) is 9.62 Å². The summed E-state index contributed by atoms with van der Waals surface area (Å²) in [6.45, 7) is 5.65. The smallest absolute Gasteiger partial charge is 0.274 e. The number of hydrogen-bond donors (Lipinski definition) is 2. The van der Waals surface area contributed by atoms with Gasteiger partial charge in [-0.3, -0.25) is 4.90 Å².